The maximum Gasteiger partial charge on any atom is 1.00 e. The minimum Gasteiger partial charge on any atom is -1.00 e. The Morgan fingerprint density at radius 2 is 1.00 bits per heavy atom. The first-order valence-corrected chi connectivity index (χ1v) is 0. The van der Waals surface area contributed by atoms with E-state index in [1.54, 1.807) is 0 Å². The number of hydrogen-bond donors (Lipinski definition) is 1. The zero-order valence-electron chi connectivity index (χ0n) is 2.49. The minimum atomic E-state index is 0. The second kappa shape index (κ2) is 18.1. The maximum absolute atomic E-state index is 0. The van der Waals surface area contributed by atoms with Crippen LogP contribution in [0.5, 0.6) is 0 Å². The molecule has 0 heterocycles. The second-order valence-corrected chi connectivity index (χ2v) is 0. The average molecular weight is 295 g/mol. The zero-order valence-corrected chi connectivity index (χ0v) is 8.98. The van der Waals surface area contributed by atoms with E-state index in [-0.39, 0.29) is 83.7 Å². The van der Waals surface area contributed by atoms with E-state index in [2.05, 4.69) is 0 Å². The third-order valence-electron chi connectivity index (χ3n) is 0. The molecule has 0 spiro atoms. The smallest absolute Gasteiger partial charge is 1.00 e. The van der Waals surface area contributed by atoms with Crippen molar-refractivity contribution in [2.45, 2.75) is 0 Å². The van der Waals surface area contributed by atoms with Crippen LogP contribution in [0.1, 0.15) is 0 Å². The first-order chi connectivity index (χ1) is 0. The van der Waals surface area contributed by atoms with Crippen LogP contribution in [-0.4, -0.2) is 0 Å². The van der Waals surface area contributed by atoms with Gasteiger partial charge >= 0.3 is 29.6 Å². The number of rotatable bonds is 0. The normalized spacial score (nSPS) is 0. The van der Waals surface area contributed by atoms with Crippen molar-refractivity contribution in [1.82, 2.24) is 6.15 Å². The Kier molecular flexibility index (Phi) is 146. The third kappa shape index (κ3) is 8.83. The van der Waals surface area contributed by atoms with E-state index >= 15 is 0 Å². The van der Waals surface area contributed by atoms with E-state index in [1.807, 2.05) is 0 Å². The van der Waals surface area contributed by atoms with Gasteiger partial charge in [0.1, 0.15) is 0 Å². The van der Waals surface area contributed by atoms with Crippen LogP contribution >= 0.6 is 24.0 Å². The van der Waals surface area contributed by atoms with Crippen molar-refractivity contribution in [1.29, 1.82) is 0 Å². The van der Waals surface area contributed by atoms with Crippen molar-refractivity contribution in [3.05, 3.63) is 0 Å². The van der Waals surface area contributed by atoms with E-state index in [1.165, 1.54) is 0 Å². The summed E-state index contributed by atoms with van der Waals surface area (Å²) in [7, 11) is 0. The fourth-order valence-corrected chi connectivity index (χ4v) is 0. The molecule has 0 aromatic carbocycles. The zero-order chi connectivity index (χ0) is 0. The molecule has 0 atom stereocenters. The van der Waals surface area contributed by atoms with Crippen LogP contribution in [0.2, 0.25) is 0 Å². The summed E-state index contributed by atoms with van der Waals surface area (Å²) < 4.78 is 0. The second-order valence-electron chi connectivity index (χ2n) is 0. The van der Waals surface area contributed by atoms with Crippen molar-refractivity contribution >= 4 is 24.0 Å². The summed E-state index contributed by atoms with van der Waals surface area (Å²) in [6, 6.07) is 0. The molecule has 0 aliphatic rings. The Labute approximate surface area is 82.2 Å². The number of halogens is 2. The van der Waals surface area contributed by atoms with Crippen molar-refractivity contribution in [3.63, 3.8) is 0 Å². The van der Waals surface area contributed by atoms with Crippen molar-refractivity contribution in [2.24, 2.45) is 0 Å². The molecular weight excluding hydrogens is 291 g/mol. The first kappa shape index (κ1) is 32.2. The summed E-state index contributed by atoms with van der Waals surface area (Å²) in [5, 5.41) is 0. The van der Waals surface area contributed by atoms with Gasteiger partial charge in [-0.15, -0.1) is 24.0 Å². The maximum atomic E-state index is 0. The van der Waals surface area contributed by atoms with E-state index in [9.17, 15) is 0 Å². The predicted octanol–water partition coefficient (Wildman–Crippen LogP) is -5.21. The Bertz CT molecular complexity index is 6.00. The SMILES string of the molecule is I.N.[I-].[Na+]. The van der Waals surface area contributed by atoms with Gasteiger partial charge < -0.3 is 30.1 Å². The minimum absolute atomic E-state index is 0. The van der Waals surface area contributed by atoms with Gasteiger partial charge in [-0.1, -0.05) is 0 Å². The molecule has 0 aromatic rings. The van der Waals surface area contributed by atoms with Crippen LogP contribution in [-0.2, 0) is 0 Å². The van der Waals surface area contributed by atoms with Crippen LogP contribution < -0.4 is 59.7 Å². The Balaban J connectivity index is 0. The Morgan fingerprint density at radius 1 is 1.00 bits per heavy atom. The van der Waals surface area contributed by atoms with E-state index in [0.717, 1.165) is 0 Å². The molecule has 0 aliphatic carbocycles. The molecule has 0 aromatic heterocycles. The monoisotopic (exact) mass is 295 g/mol. The van der Waals surface area contributed by atoms with Gasteiger partial charge in [0.25, 0.3) is 0 Å². The fourth-order valence-electron chi connectivity index (χ4n) is 0. The number of hydrogen-bond acceptors (Lipinski definition) is 1. The van der Waals surface area contributed by atoms with Crippen LogP contribution in [0.4, 0.5) is 0 Å². The molecule has 4 heteroatoms. The van der Waals surface area contributed by atoms with Gasteiger partial charge in [-0.25, -0.2) is 0 Å². The summed E-state index contributed by atoms with van der Waals surface area (Å²) in [5.41, 5.74) is 0. The molecule has 0 saturated carbocycles. The summed E-state index contributed by atoms with van der Waals surface area (Å²) >= 11 is 0. The summed E-state index contributed by atoms with van der Waals surface area (Å²) in [5.74, 6) is 0. The topological polar surface area (TPSA) is 35.0 Å². The summed E-state index contributed by atoms with van der Waals surface area (Å²) in [6.45, 7) is 0. The fraction of sp³-hybridized carbons (Fsp3) is 0. The van der Waals surface area contributed by atoms with Gasteiger partial charge in [0.2, 0.25) is 0 Å². The molecule has 0 saturated heterocycles. The predicted molar refractivity (Wildman–Crippen MR) is 20.4 cm³/mol. The van der Waals surface area contributed by atoms with Crippen molar-refractivity contribution in [2.75, 3.05) is 0 Å². The average Bonchev–Trinajstić information content (AvgIpc) is 0. The Morgan fingerprint density at radius 3 is 1.00 bits per heavy atom. The van der Waals surface area contributed by atoms with Gasteiger partial charge in [0, 0.05) is 0 Å². The third-order valence-corrected chi connectivity index (χ3v) is 0. The molecule has 0 rings (SSSR count). The molecule has 0 bridgehead atoms. The molecule has 0 aliphatic heterocycles. The molecule has 0 radical (unpaired) electrons. The first-order valence-electron chi connectivity index (χ1n) is 0. The standard InChI is InChI=1S/2HI.H3N.Na/h2*1H;1H3;/q;;;+1/p-1. The molecule has 1 nitrogen and oxygen atoms in total. The van der Waals surface area contributed by atoms with Crippen molar-refractivity contribution in [3.8, 4) is 0 Å². The molecule has 24 valence electrons. The van der Waals surface area contributed by atoms with E-state index in [0.29, 0.717) is 0 Å². The van der Waals surface area contributed by atoms with Gasteiger partial charge in [0.15, 0.2) is 0 Å². The molecule has 0 fully saturated rings. The van der Waals surface area contributed by atoms with Crippen molar-refractivity contribution < 1.29 is 53.5 Å². The van der Waals surface area contributed by atoms with Crippen LogP contribution in [0.25, 0.3) is 0 Å². The Hall–Kier alpha value is 2.42. The summed E-state index contributed by atoms with van der Waals surface area (Å²) in [4.78, 5) is 0. The quantitative estimate of drug-likeness (QED) is 0.352. The molecule has 0 amide bonds. The van der Waals surface area contributed by atoms with Crippen LogP contribution in [0, 0.1) is 0 Å². The van der Waals surface area contributed by atoms with Gasteiger partial charge in [-0.3, -0.25) is 0 Å². The van der Waals surface area contributed by atoms with Crippen LogP contribution in [0.3, 0.4) is 0 Å². The molecule has 4 heavy (non-hydrogen) atoms. The van der Waals surface area contributed by atoms with Gasteiger partial charge in [-0.2, -0.15) is 0 Å². The van der Waals surface area contributed by atoms with E-state index in [4.69, 9.17) is 0 Å². The molecule has 3 N–H and O–H groups in total. The van der Waals surface area contributed by atoms with Gasteiger partial charge in [0.05, 0.1) is 0 Å². The van der Waals surface area contributed by atoms with Crippen LogP contribution in [0.15, 0.2) is 0 Å². The van der Waals surface area contributed by atoms with E-state index < -0.39 is 0 Å². The summed E-state index contributed by atoms with van der Waals surface area (Å²) in [6.07, 6.45) is 0. The molecular formula is H4I2NNa. The largest absolute Gasteiger partial charge is 1.00 e. The van der Waals surface area contributed by atoms with Gasteiger partial charge in [-0.05, 0) is 0 Å². The molecule has 0 unspecified atom stereocenters.